The Bertz CT molecular complexity index is 906. The SMILES string of the molecule is Cc1nnc(CN=C(NCCc2cccs2)N2CCC(c3ncn[nH]3)CC2)n1C. The molecular formula is C19H27N9S. The van der Waals surface area contributed by atoms with Gasteiger partial charge in [-0.15, -0.1) is 21.5 Å². The highest BCUT2D eigenvalue weighted by atomic mass is 32.1. The lowest BCUT2D eigenvalue weighted by molar-refractivity contribution is 0.298. The van der Waals surface area contributed by atoms with E-state index in [0.29, 0.717) is 12.5 Å². The zero-order valence-electron chi connectivity index (χ0n) is 16.9. The second kappa shape index (κ2) is 9.17. The summed E-state index contributed by atoms with van der Waals surface area (Å²) in [4.78, 5) is 12.9. The summed E-state index contributed by atoms with van der Waals surface area (Å²) in [5, 5.41) is 21.1. The van der Waals surface area contributed by atoms with Gasteiger partial charge in [-0.3, -0.25) is 5.10 Å². The maximum atomic E-state index is 4.87. The van der Waals surface area contributed by atoms with Crippen molar-refractivity contribution >= 4 is 17.3 Å². The largest absolute Gasteiger partial charge is 0.356 e. The number of nitrogens with one attached hydrogen (secondary N) is 2. The van der Waals surface area contributed by atoms with Gasteiger partial charge in [-0.05, 0) is 37.6 Å². The molecule has 4 heterocycles. The number of hydrogen-bond acceptors (Lipinski definition) is 6. The van der Waals surface area contributed by atoms with Crippen LogP contribution in [0.4, 0.5) is 0 Å². The van der Waals surface area contributed by atoms with E-state index in [1.165, 1.54) is 4.88 Å². The Morgan fingerprint density at radius 1 is 1.34 bits per heavy atom. The highest BCUT2D eigenvalue weighted by Gasteiger charge is 2.24. The minimum absolute atomic E-state index is 0.433. The Balaban J connectivity index is 1.41. The predicted octanol–water partition coefficient (Wildman–Crippen LogP) is 1.87. The number of guanidine groups is 1. The zero-order chi connectivity index (χ0) is 20.1. The summed E-state index contributed by atoms with van der Waals surface area (Å²) >= 11 is 1.79. The fourth-order valence-electron chi connectivity index (χ4n) is 3.53. The molecule has 0 saturated carbocycles. The van der Waals surface area contributed by atoms with E-state index in [1.54, 1.807) is 17.7 Å². The topological polar surface area (TPSA) is 99.9 Å². The summed E-state index contributed by atoms with van der Waals surface area (Å²) in [5.41, 5.74) is 0. The van der Waals surface area contributed by atoms with Crippen LogP contribution in [0.25, 0.3) is 0 Å². The van der Waals surface area contributed by atoms with Crippen LogP contribution in [-0.2, 0) is 20.0 Å². The molecule has 0 radical (unpaired) electrons. The van der Waals surface area contributed by atoms with Crippen molar-refractivity contribution in [1.82, 2.24) is 40.2 Å². The number of aliphatic imine (C=N–C) groups is 1. The molecule has 10 heteroatoms. The zero-order valence-corrected chi connectivity index (χ0v) is 17.7. The molecular weight excluding hydrogens is 386 g/mol. The number of nitrogens with zero attached hydrogens (tertiary/aromatic N) is 7. The van der Waals surface area contributed by atoms with Crippen LogP contribution in [0.15, 0.2) is 28.8 Å². The van der Waals surface area contributed by atoms with E-state index in [-0.39, 0.29) is 0 Å². The summed E-state index contributed by atoms with van der Waals surface area (Å²) in [7, 11) is 1.98. The molecule has 154 valence electrons. The molecule has 0 unspecified atom stereocenters. The van der Waals surface area contributed by atoms with Crippen molar-refractivity contribution in [2.24, 2.45) is 12.0 Å². The Labute approximate surface area is 174 Å². The first-order valence-corrected chi connectivity index (χ1v) is 10.8. The van der Waals surface area contributed by atoms with E-state index in [4.69, 9.17) is 4.99 Å². The van der Waals surface area contributed by atoms with Gasteiger partial charge >= 0.3 is 0 Å². The average molecular weight is 414 g/mol. The first-order chi connectivity index (χ1) is 14.2. The first-order valence-electron chi connectivity index (χ1n) is 9.96. The molecule has 3 aromatic rings. The first kappa shape index (κ1) is 19.6. The molecule has 0 spiro atoms. The van der Waals surface area contributed by atoms with Crippen molar-refractivity contribution in [2.45, 2.75) is 38.6 Å². The smallest absolute Gasteiger partial charge is 0.194 e. The third kappa shape index (κ3) is 4.81. The molecule has 1 aliphatic rings. The molecule has 4 rings (SSSR count). The number of H-pyrrole nitrogens is 1. The van der Waals surface area contributed by atoms with Gasteiger partial charge < -0.3 is 14.8 Å². The van der Waals surface area contributed by atoms with Crippen LogP contribution >= 0.6 is 11.3 Å². The molecule has 0 bridgehead atoms. The quantitative estimate of drug-likeness (QED) is 0.473. The molecule has 2 N–H and O–H groups in total. The Hall–Kier alpha value is -2.75. The van der Waals surface area contributed by atoms with Crippen LogP contribution in [-0.4, -0.2) is 60.4 Å². The van der Waals surface area contributed by atoms with E-state index >= 15 is 0 Å². The number of rotatable bonds is 6. The normalized spacial score (nSPS) is 15.8. The monoisotopic (exact) mass is 413 g/mol. The second-order valence-electron chi connectivity index (χ2n) is 7.25. The standard InChI is InChI=1S/C19H27N9S/c1-14-24-25-17(27(14)2)12-21-19(20-8-5-16-4-3-11-29-16)28-9-6-15(7-10-28)18-22-13-23-26-18/h3-4,11,13,15H,5-10,12H2,1-2H3,(H,20,21)(H,22,23,26). The average Bonchev–Trinajstić information content (AvgIpc) is 3.50. The van der Waals surface area contributed by atoms with Gasteiger partial charge in [-0.2, -0.15) is 5.10 Å². The third-order valence-electron chi connectivity index (χ3n) is 5.40. The molecule has 0 aliphatic carbocycles. The lowest BCUT2D eigenvalue weighted by Gasteiger charge is -2.33. The van der Waals surface area contributed by atoms with Crippen LogP contribution in [0.5, 0.6) is 0 Å². The van der Waals surface area contributed by atoms with Crippen molar-refractivity contribution < 1.29 is 0 Å². The number of thiophene rings is 1. The summed E-state index contributed by atoms with van der Waals surface area (Å²) in [6.07, 6.45) is 4.64. The number of aromatic amines is 1. The molecule has 0 aromatic carbocycles. The highest BCUT2D eigenvalue weighted by molar-refractivity contribution is 7.09. The summed E-state index contributed by atoms with van der Waals surface area (Å²) < 4.78 is 1.99. The lowest BCUT2D eigenvalue weighted by atomic mass is 9.96. The summed E-state index contributed by atoms with van der Waals surface area (Å²) in [6, 6.07) is 4.27. The molecule has 0 atom stereocenters. The van der Waals surface area contributed by atoms with E-state index in [2.05, 4.69) is 53.1 Å². The third-order valence-corrected chi connectivity index (χ3v) is 6.34. The van der Waals surface area contributed by atoms with Gasteiger partial charge in [0.15, 0.2) is 11.8 Å². The lowest BCUT2D eigenvalue weighted by Crippen LogP contribution is -2.46. The summed E-state index contributed by atoms with van der Waals surface area (Å²) in [5.74, 6) is 4.14. The number of aromatic nitrogens is 6. The Morgan fingerprint density at radius 3 is 2.86 bits per heavy atom. The van der Waals surface area contributed by atoms with E-state index in [0.717, 1.165) is 62.3 Å². The van der Waals surface area contributed by atoms with Crippen LogP contribution in [0.2, 0.25) is 0 Å². The van der Waals surface area contributed by atoms with Gasteiger partial charge in [-0.25, -0.2) is 9.98 Å². The van der Waals surface area contributed by atoms with E-state index in [1.807, 2.05) is 18.5 Å². The molecule has 3 aromatic heterocycles. The molecule has 1 saturated heterocycles. The van der Waals surface area contributed by atoms with Crippen molar-refractivity contribution in [1.29, 1.82) is 0 Å². The minimum atomic E-state index is 0.433. The van der Waals surface area contributed by atoms with E-state index in [9.17, 15) is 0 Å². The number of likely N-dealkylation sites (tertiary alicyclic amines) is 1. The van der Waals surface area contributed by atoms with Crippen molar-refractivity contribution in [3.05, 3.63) is 46.2 Å². The molecule has 1 aliphatic heterocycles. The van der Waals surface area contributed by atoms with Crippen LogP contribution < -0.4 is 5.32 Å². The van der Waals surface area contributed by atoms with Crippen LogP contribution in [0.3, 0.4) is 0 Å². The van der Waals surface area contributed by atoms with Gasteiger partial charge in [0.05, 0.1) is 0 Å². The van der Waals surface area contributed by atoms with Crippen LogP contribution in [0, 0.1) is 6.92 Å². The molecule has 0 amide bonds. The number of hydrogen-bond donors (Lipinski definition) is 2. The Kier molecular flexibility index (Phi) is 6.18. The van der Waals surface area contributed by atoms with Crippen molar-refractivity contribution in [2.75, 3.05) is 19.6 Å². The van der Waals surface area contributed by atoms with Crippen molar-refractivity contribution in [3.8, 4) is 0 Å². The van der Waals surface area contributed by atoms with Gasteiger partial charge in [-0.1, -0.05) is 6.07 Å². The molecule has 9 nitrogen and oxygen atoms in total. The molecule has 1 fully saturated rings. The van der Waals surface area contributed by atoms with Crippen molar-refractivity contribution in [3.63, 3.8) is 0 Å². The van der Waals surface area contributed by atoms with Gasteiger partial charge in [0, 0.05) is 37.5 Å². The van der Waals surface area contributed by atoms with Gasteiger partial charge in [0.1, 0.15) is 24.5 Å². The molecule has 29 heavy (non-hydrogen) atoms. The fraction of sp³-hybridized carbons (Fsp3) is 0.526. The maximum Gasteiger partial charge on any atom is 0.194 e. The number of piperidine rings is 1. The predicted molar refractivity (Wildman–Crippen MR) is 113 cm³/mol. The maximum absolute atomic E-state index is 4.87. The summed E-state index contributed by atoms with van der Waals surface area (Å²) in [6.45, 7) is 5.21. The highest BCUT2D eigenvalue weighted by Crippen LogP contribution is 2.25. The fourth-order valence-corrected chi connectivity index (χ4v) is 4.24. The van der Waals surface area contributed by atoms with Crippen LogP contribution in [0.1, 0.15) is 41.1 Å². The second-order valence-corrected chi connectivity index (χ2v) is 8.28. The number of aryl methyl sites for hydroxylation is 1. The van der Waals surface area contributed by atoms with Gasteiger partial charge in [0.25, 0.3) is 0 Å². The van der Waals surface area contributed by atoms with E-state index < -0.39 is 0 Å². The van der Waals surface area contributed by atoms with Gasteiger partial charge in [0.2, 0.25) is 0 Å². The minimum Gasteiger partial charge on any atom is -0.356 e. The Morgan fingerprint density at radius 2 is 2.21 bits per heavy atom.